The van der Waals surface area contributed by atoms with Gasteiger partial charge in [0.1, 0.15) is 5.75 Å². The van der Waals surface area contributed by atoms with Crippen molar-refractivity contribution >= 4 is 28.9 Å². The number of nitro groups is 1. The van der Waals surface area contributed by atoms with Crippen molar-refractivity contribution in [1.82, 2.24) is 0 Å². The molecule has 0 aliphatic rings. The highest BCUT2D eigenvalue weighted by atomic mass is 35.5. The van der Waals surface area contributed by atoms with E-state index in [0.29, 0.717) is 5.75 Å². The van der Waals surface area contributed by atoms with Gasteiger partial charge in [0.15, 0.2) is 0 Å². The Hall–Kier alpha value is -2.80. The number of hydrogen-bond donors (Lipinski definition) is 2. The third-order valence-corrected chi connectivity index (χ3v) is 3.21. The van der Waals surface area contributed by atoms with Crippen LogP contribution in [0, 0.1) is 10.1 Å². The Morgan fingerprint density at radius 3 is 2.73 bits per heavy atom. The fourth-order valence-corrected chi connectivity index (χ4v) is 1.94. The summed E-state index contributed by atoms with van der Waals surface area (Å²) >= 11 is 5.97. The number of aromatic hydroxyl groups is 1. The summed E-state index contributed by atoms with van der Waals surface area (Å²) in [5, 5.41) is 23.3. The number of phenolic OH excluding ortho intramolecular Hbond substituents is 1. The van der Waals surface area contributed by atoms with Gasteiger partial charge >= 0.3 is 5.69 Å². The highest BCUT2D eigenvalue weighted by molar-refractivity contribution is 6.34. The lowest BCUT2D eigenvalue weighted by Gasteiger charge is -2.10. The number of anilines is 1. The van der Waals surface area contributed by atoms with Gasteiger partial charge in [-0.15, -0.1) is 0 Å². The van der Waals surface area contributed by atoms with Crippen molar-refractivity contribution in [2.75, 3.05) is 12.4 Å². The van der Waals surface area contributed by atoms with Gasteiger partial charge in [0, 0.05) is 12.1 Å². The van der Waals surface area contributed by atoms with E-state index in [0.717, 1.165) is 6.07 Å². The van der Waals surface area contributed by atoms with E-state index in [1.165, 1.54) is 31.4 Å². The molecule has 2 rings (SSSR count). The minimum atomic E-state index is -0.773. The first-order valence-corrected chi connectivity index (χ1v) is 6.43. The number of para-hydroxylation sites is 1. The molecule has 0 aliphatic carbocycles. The standard InChI is InChI=1S/C14H11ClN2O5/c1-22-8-5-6-10(15)11(7-8)16-14(19)9-3-2-4-12(13(9)18)17(20)21/h2-7,18H,1H3,(H,16,19). The SMILES string of the molecule is COc1ccc(Cl)c(NC(=O)c2cccc([N+](=O)[O-])c2O)c1. The lowest BCUT2D eigenvalue weighted by molar-refractivity contribution is -0.385. The average Bonchev–Trinajstić information content (AvgIpc) is 2.49. The van der Waals surface area contributed by atoms with Crippen LogP contribution in [0.3, 0.4) is 0 Å². The van der Waals surface area contributed by atoms with Crippen molar-refractivity contribution in [3.63, 3.8) is 0 Å². The zero-order valence-electron chi connectivity index (χ0n) is 11.4. The van der Waals surface area contributed by atoms with E-state index in [1.54, 1.807) is 6.07 Å². The van der Waals surface area contributed by atoms with Crippen molar-refractivity contribution in [3.05, 3.63) is 57.1 Å². The summed E-state index contributed by atoms with van der Waals surface area (Å²) in [6.45, 7) is 0. The van der Waals surface area contributed by atoms with E-state index in [9.17, 15) is 20.0 Å². The van der Waals surface area contributed by atoms with Gasteiger partial charge in [-0.25, -0.2) is 0 Å². The molecule has 2 aromatic rings. The number of carbonyl (C=O) groups is 1. The summed E-state index contributed by atoms with van der Waals surface area (Å²) < 4.78 is 5.02. The van der Waals surface area contributed by atoms with Crippen LogP contribution >= 0.6 is 11.6 Å². The molecule has 0 spiro atoms. The quantitative estimate of drug-likeness (QED) is 0.664. The lowest BCUT2D eigenvalue weighted by atomic mass is 10.1. The molecule has 2 N–H and O–H groups in total. The average molecular weight is 323 g/mol. The highest BCUT2D eigenvalue weighted by Gasteiger charge is 2.21. The normalized spacial score (nSPS) is 10.1. The van der Waals surface area contributed by atoms with Crippen LogP contribution in [0.15, 0.2) is 36.4 Å². The third-order valence-electron chi connectivity index (χ3n) is 2.88. The highest BCUT2D eigenvalue weighted by Crippen LogP contribution is 2.31. The molecule has 0 heterocycles. The second-order valence-electron chi connectivity index (χ2n) is 4.23. The summed E-state index contributed by atoms with van der Waals surface area (Å²) in [5.74, 6) is -0.955. The number of ether oxygens (including phenoxy) is 1. The molecule has 7 nitrogen and oxygen atoms in total. The third kappa shape index (κ3) is 3.09. The Balaban J connectivity index is 2.34. The molecule has 1 amide bonds. The van der Waals surface area contributed by atoms with Crippen LogP contribution in [-0.4, -0.2) is 23.0 Å². The Morgan fingerprint density at radius 1 is 1.36 bits per heavy atom. The van der Waals surface area contributed by atoms with Gasteiger partial charge in [-0.3, -0.25) is 14.9 Å². The van der Waals surface area contributed by atoms with Crippen LogP contribution < -0.4 is 10.1 Å². The molecular weight excluding hydrogens is 312 g/mol. The van der Waals surface area contributed by atoms with Crippen molar-refractivity contribution in [1.29, 1.82) is 0 Å². The minimum Gasteiger partial charge on any atom is -0.502 e. The molecule has 114 valence electrons. The van der Waals surface area contributed by atoms with Crippen LogP contribution in [0.5, 0.6) is 11.5 Å². The molecule has 0 saturated heterocycles. The fourth-order valence-electron chi connectivity index (χ4n) is 1.78. The molecule has 0 bridgehead atoms. The molecule has 0 unspecified atom stereocenters. The van der Waals surface area contributed by atoms with Crippen molar-refractivity contribution in [2.24, 2.45) is 0 Å². The van der Waals surface area contributed by atoms with Gasteiger partial charge in [0.05, 0.1) is 28.3 Å². The van der Waals surface area contributed by atoms with E-state index in [2.05, 4.69) is 5.32 Å². The Labute approximate surface area is 130 Å². The molecular formula is C14H11ClN2O5. The van der Waals surface area contributed by atoms with E-state index in [4.69, 9.17) is 16.3 Å². The number of benzene rings is 2. The number of nitrogens with zero attached hydrogens (tertiary/aromatic N) is 1. The topological polar surface area (TPSA) is 102 Å². The molecule has 8 heteroatoms. The molecule has 0 radical (unpaired) electrons. The number of amides is 1. The van der Waals surface area contributed by atoms with Gasteiger partial charge in [-0.2, -0.15) is 0 Å². The maximum atomic E-state index is 12.2. The maximum Gasteiger partial charge on any atom is 0.311 e. The maximum absolute atomic E-state index is 12.2. The number of rotatable bonds is 4. The molecule has 22 heavy (non-hydrogen) atoms. The molecule has 0 fully saturated rings. The Morgan fingerprint density at radius 2 is 2.09 bits per heavy atom. The summed E-state index contributed by atoms with van der Waals surface area (Å²) in [5.41, 5.74) is -0.519. The van der Waals surface area contributed by atoms with E-state index < -0.39 is 22.3 Å². The zero-order chi connectivity index (χ0) is 16.3. The van der Waals surface area contributed by atoms with Gasteiger partial charge in [0.2, 0.25) is 5.75 Å². The second kappa shape index (κ2) is 6.31. The van der Waals surface area contributed by atoms with Crippen LogP contribution in [0.4, 0.5) is 11.4 Å². The second-order valence-corrected chi connectivity index (χ2v) is 4.64. The van der Waals surface area contributed by atoms with E-state index >= 15 is 0 Å². The number of hydrogen-bond acceptors (Lipinski definition) is 5. The summed E-state index contributed by atoms with van der Waals surface area (Å²) in [6.07, 6.45) is 0. The van der Waals surface area contributed by atoms with Crippen LogP contribution in [-0.2, 0) is 0 Å². The molecule has 0 aliphatic heterocycles. The summed E-state index contributed by atoms with van der Waals surface area (Å²) in [4.78, 5) is 22.2. The zero-order valence-corrected chi connectivity index (χ0v) is 12.1. The number of halogens is 1. The number of phenols is 1. The Bertz CT molecular complexity index is 748. The van der Waals surface area contributed by atoms with Crippen molar-refractivity contribution in [2.45, 2.75) is 0 Å². The van der Waals surface area contributed by atoms with Crippen LogP contribution in [0.2, 0.25) is 5.02 Å². The lowest BCUT2D eigenvalue weighted by Crippen LogP contribution is -2.13. The van der Waals surface area contributed by atoms with Crippen LogP contribution in [0.1, 0.15) is 10.4 Å². The van der Waals surface area contributed by atoms with Gasteiger partial charge in [0.25, 0.3) is 5.91 Å². The minimum absolute atomic E-state index is 0.229. The summed E-state index contributed by atoms with van der Waals surface area (Å²) in [7, 11) is 1.46. The first-order valence-electron chi connectivity index (χ1n) is 6.05. The first kappa shape index (κ1) is 15.6. The van der Waals surface area contributed by atoms with Crippen molar-refractivity contribution in [3.8, 4) is 11.5 Å². The fraction of sp³-hybridized carbons (Fsp3) is 0.0714. The number of nitrogens with one attached hydrogen (secondary N) is 1. The smallest absolute Gasteiger partial charge is 0.311 e. The van der Waals surface area contributed by atoms with Gasteiger partial charge in [-0.1, -0.05) is 17.7 Å². The number of carbonyl (C=O) groups excluding carboxylic acids is 1. The van der Waals surface area contributed by atoms with Gasteiger partial charge in [-0.05, 0) is 18.2 Å². The van der Waals surface area contributed by atoms with E-state index in [1.807, 2.05) is 0 Å². The van der Waals surface area contributed by atoms with Gasteiger partial charge < -0.3 is 15.2 Å². The van der Waals surface area contributed by atoms with E-state index in [-0.39, 0.29) is 16.3 Å². The Kier molecular flexibility index (Phi) is 4.47. The summed E-state index contributed by atoms with van der Waals surface area (Å²) in [6, 6.07) is 8.32. The molecule has 0 aromatic heterocycles. The largest absolute Gasteiger partial charge is 0.502 e. The molecule has 0 atom stereocenters. The van der Waals surface area contributed by atoms with Crippen molar-refractivity contribution < 1.29 is 19.6 Å². The molecule has 2 aromatic carbocycles. The number of nitro benzene ring substituents is 1. The predicted molar refractivity (Wildman–Crippen MR) is 80.7 cm³/mol. The molecule has 0 saturated carbocycles. The predicted octanol–water partition coefficient (Wildman–Crippen LogP) is 3.21. The monoisotopic (exact) mass is 322 g/mol. The van der Waals surface area contributed by atoms with Crippen LogP contribution in [0.25, 0.3) is 0 Å². The number of methoxy groups -OCH3 is 1. The first-order chi connectivity index (χ1) is 10.4.